The third-order valence-corrected chi connectivity index (χ3v) is 2.13. The number of carbonyl (C=O) groups excluding carboxylic acids is 1. The van der Waals surface area contributed by atoms with Crippen molar-refractivity contribution in [2.75, 3.05) is 0 Å². The molecular formula is C10H9NO. The molecule has 1 aliphatic carbocycles. The molecule has 2 heteroatoms. The molecule has 0 amide bonds. The summed E-state index contributed by atoms with van der Waals surface area (Å²) in [7, 11) is 0. The zero-order valence-corrected chi connectivity index (χ0v) is 6.58. The zero-order chi connectivity index (χ0) is 8.55. The van der Waals surface area contributed by atoms with Gasteiger partial charge < -0.3 is 5.41 Å². The maximum absolute atomic E-state index is 10.4. The van der Waals surface area contributed by atoms with Crippen molar-refractivity contribution >= 4 is 12.0 Å². The van der Waals surface area contributed by atoms with Gasteiger partial charge >= 0.3 is 0 Å². The van der Waals surface area contributed by atoms with Crippen molar-refractivity contribution in [2.24, 2.45) is 0 Å². The van der Waals surface area contributed by atoms with Gasteiger partial charge in [-0.15, -0.1) is 0 Å². The summed E-state index contributed by atoms with van der Waals surface area (Å²) >= 11 is 0. The Labute approximate surface area is 70.7 Å². The fourth-order valence-corrected chi connectivity index (χ4v) is 1.33. The summed E-state index contributed by atoms with van der Waals surface area (Å²) < 4.78 is 0. The van der Waals surface area contributed by atoms with Crippen molar-refractivity contribution in [3.8, 4) is 0 Å². The van der Waals surface area contributed by atoms with E-state index in [9.17, 15) is 4.79 Å². The summed E-state index contributed by atoms with van der Waals surface area (Å²) in [6.45, 7) is 0. The van der Waals surface area contributed by atoms with Gasteiger partial charge in [0.15, 0.2) is 0 Å². The highest BCUT2D eigenvalue weighted by atomic mass is 16.1. The number of benzene rings is 1. The molecule has 0 aromatic heterocycles. The Morgan fingerprint density at radius 1 is 1.50 bits per heavy atom. The molecule has 1 saturated carbocycles. The highest BCUT2D eigenvalue weighted by molar-refractivity contribution is 6.03. The average molecular weight is 159 g/mol. The maximum Gasteiger partial charge on any atom is 0.150 e. The van der Waals surface area contributed by atoms with Crippen LogP contribution in [0.3, 0.4) is 0 Å². The molecule has 0 heterocycles. The highest BCUT2D eigenvalue weighted by Gasteiger charge is 2.31. The lowest BCUT2D eigenvalue weighted by molar-refractivity contribution is 0.112. The lowest BCUT2D eigenvalue weighted by Gasteiger charge is -1.96. The van der Waals surface area contributed by atoms with E-state index in [1.54, 1.807) is 6.07 Å². The second kappa shape index (κ2) is 2.55. The number of rotatable bonds is 2. The predicted molar refractivity (Wildman–Crippen MR) is 46.9 cm³/mol. The first-order chi connectivity index (χ1) is 5.81. The van der Waals surface area contributed by atoms with Crippen LogP contribution in [-0.4, -0.2) is 12.0 Å². The topological polar surface area (TPSA) is 40.9 Å². The van der Waals surface area contributed by atoms with Gasteiger partial charge in [-0.2, -0.15) is 0 Å². The van der Waals surface area contributed by atoms with Crippen LogP contribution in [0.4, 0.5) is 0 Å². The smallest absolute Gasteiger partial charge is 0.150 e. The largest absolute Gasteiger partial charge is 0.309 e. The van der Waals surface area contributed by atoms with Crippen LogP contribution in [0.15, 0.2) is 24.3 Å². The summed E-state index contributed by atoms with van der Waals surface area (Å²) in [4.78, 5) is 10.4. The van der Waals surface area contributed by atoms with Gasteiger partial charge in [-0.05, 0) is 18.1 Å². The van der Waals surface area contributed by atoms with E-state index in [0.717, 1.165) is 24.0 Å². The Morgan fingerprint density at radius 2 is 2.25 bits per heavy atom. The highest BCUT2D eigenvalue weighted by Crippen LogP contribution is 2.35. The molecule has 1 aromatic rings. The van der Waals surface area contributed by atoms with E-state index in [-0.39, 0.29) is 0 Å². The molecule has 0 spiro atoms. The van der Waals surface area contributed by atoms with Gasteiger partial charge in [0, 0.05) is 17.2 Å². The second-order valence-electron chi connectivity index (χ2n) is 3.07. The van der Waals surface area contributed by atoms with Crippen molar-refractivity contribution < 1.29 is 4.79 Å². The van der Waals surface area contributed by atoms with Crippen LogP contribution in [0.25, 0.3) is 0 Å². The standard InChI is InChI=1S/C10H9NO/c11-10-5-9(10)8-3-1-2-7(4-8)6-12/h1-4,6,9,11H,5H2. The van der Waals surface area contributed by atoms with Gasteiger partial charge in [0.05, 0.1) is 0 Å². The quantitative estimate of drug-likeness (QED) is 0.659. The van der Waals surface area contributed by atoms with Crippen LogP contribution in [0.2, 0.25) is 0 Å². The molecule has 1 N–H and O–H groups in total. The van der Waals surface area contributed by atoms with Crippen LogP contribution in [-0.2, 0) is 0 Å². The minimum absolute atomic E-state index is 0.296. The SMILES string of the molecule is N=C1CC1c1cccc(C=O)c1. The van der Waals surface area contributed by atoms with E-state index in [4.69, 9.17) is 5.41 Å². The van der Waals surface area contributed by atoms with Gasteiger partial charge in [0.2, 0.25) is 0 Å². The molecule has 1 fully saturated rings. The first-order valence-electron chi connectivity index (χ1n) is 3.93. The second-order valence-corrected chi connectivity index (χ2v) is 3.07. The number of nitrogens with one attached hydrogen (secondary N) is 1. The average Bonchev–Trinajstić information content (AvgIpc) is 2.83. The van der Waals surface area contributed by atoms with Crippen molar-refractivity contribution in [3.05, 3.63) is 35.4 Å². The van der Waals surface area contributed by atoms with Crippen LogP contribution in [0.5, 0.6) is 0 Å². The van der Waals surface area contributed by atoms with Crippen molar-refractivity contribution in [1.29, 1.82) is 5.41 Å². The van der Waals surface area contributed by atoms with E-state index < -0.39 is 0 Å². The Kier molecular flexibility index (Phi) is 1.54. The van der Waals surface area contributed by atoms with Crippen molar-refractivity contribution in [3.63, 3.8) is 0 Å². The number of hydrogen-bond acceptors (Lipinski definition) is 2. The lowest BCUT2D eigenvalue weighted by atomic mass is 10.1. The molecule has 0 bridgehead atoms. The molecule has 1 aromatic carbocycles. The molecule has 0 saturated heterocycles. The first-order valence-corrected chi connectivity index (χ1v) is 3.93. The number of aldehydes is 1. The Hall–Kier alpha value is -1.44. The molecule has 1 unspecified atom stereocenters. The summed E-state index contributed by atoms with van der Waals surface area (Å²) in [5.74, 6) is 0.296. The van der Waals surface area contributed by atoms with Crippen LogP contribution in [0.1, 0.15) is 28.3 Å². The van der Waals surface area contributed by atoms with Crippen molar-refractivity contribution in [1.82, 2.24) is 0 Å². The van der Waals surface area contributed by atoms with E-state index >= 15 is 0 Å². The zero-order valence-electron chi connectivity index (χ0n) is 6.58. The van der Waals surface area contributed by atoms with Gasteiger partial charge in [-0.25, -0.2) is 0 Å². The normalized spacial score (nSPS) is 20.7. The van der Waals surface area contributed by atoms with Gasteiger partial charge in [-0.1, -0.05) is 18.2 Å². The molecule has 0 radical (unpaired) electrons. The Balaban J connectivity index is 2.32. The summed E-state index contributed by atoms with van der Waals surface area (Å²) in [6, 6.07) is 7.48. The van der Waals surface area contributed by atoms with Gasteiger partial charge in [0.25, 0.3) is 0 Å². The molecule has 60 valence electrons. The Morgan fingerprint density at radius 3 is 2.83 bits per heavy atom. The van der Waals surface area contributed by atoms with E-state index in [2.05, 4.69) is 0 Å². The molecule has 12 heavy (non-hydrogen) atoms. The fourth-order valence-electron chi connectivity index (χ4n) is 1.33. The van der Waals surface area contributed by atoms with Gasteiger partial charge in [-0.3, -0.25) is 4.79 Å². The summed E-state index contributed by atoms with van der Waals surface area (Å²) in [6.07, 6.45) is 1.71. The molecule has 1 atom stereocenters. The number of hydrogen-bond donors (Lipinski definition) is 1. The third kappa shape index (κ3) is 1.16. The first kappa shape index (κ1) is 7.22. The summed E-state index contributed by atoms with van der Waals surface area (Å²) in [5, 5.41) is 7.35. The summed E-state index contributed by atoms with van der Waals surface area (Å²) in [5.41, 5.74) is 2.58. The fraction of sp³-hybridized carbons (Fsp3) is 0.200. The van der Waals surface area contributed by atoms with Crippen LogP contribution < -0.4 is 0 Å². The van der Waals surface area contributed by atoms with Crippen molar-refractivity contribution in [2.45, 2.75) is 12.3 Å². The van der Waals surface area contributed by atoms with Crippen LogP contribution in [0, 0.1) is 5.41 Å². The molecule has 2 nitrogen and oxygen atoms in total. The van der Waals surface area contributed by atoms with Gasteiger partial charge in [0.1, 0.15) is 6.29 Å². The molecule has 1 aliphatic rings. The molecular weight excluding hydrogens is 150 g/mol. The molecule has 0 aliphatic heterocycles. The number of carbonyl (C=O) groups is 1. The van der Waals surface area contributed by atoms with E-state index in [1.165, 1.54) is 0 Å². The third-order valence-electron chi connectivity index (χ3n) is 2.13. The minimum atomic E-state index is 0.296. The van der Waals surface area contributed by atoms with E-state index in [0.29, 0.717) is 11.5 Å². The van der Waals surface area contributed by atoms with Crippen LogP contribution >= 0.6 is 0 Å². The predicted octanol–water partition coefficient (Wildman–Crippen LogP) is 2.01. The van der Waals surface area contributed by atoms with E-state index in [1.807, 2.05) is 18.2 Å². The maximum atomic E-state index is 10.4. The monoisotopic (exact) mass is 159 g/mol. The minimum Gasteiger partial charge on any atom is -0.309 e. The molecule has 2 rings (SSSR count). The Bertz CT molecular complexity index is 343. The lowest BCUT2D eigenvalue weighted by Crippen LogP contribution is -1.84.